The lowest BCUT2D eigenvalue weighted by molar-refractivity contribution is 1.36. The van der Waals surface area contributed by atoms with Crippen LogP contribution in [0.15, 0.2) is 115 Å². The first kappa shape index (κ1) is 19.4. The number of nitrogens with one attached hydrogen (secondary N) is 2. The average Bonchev–Trinajstić information content (AvgIpc) is 3.28. The molecule has 6 aromatic rings. The van der Waals surface area contributed by atoms with Crippen LogP contribution in [0.4, 0.5) is 5.69 Å². The van der Waals surface area contributed by atoms with E-state index in [1.165, 1.54) is 10.8 Å². The van der Waals surface area contributed by atoms with Crippen molar-refractivity contribution in [1.29, 1.82) is 0 Å². The van der Waals surface area contributed by atoms with Gasteiger partial charge < -0.3 is 10.4 Å². The summed E-state index contributed by atoms with van der Waals surface area (Å²) in [6, 6.07) is 40.0. The first-order chi connectivity index (χ1) is 16.4. The van der Waals surface area contributed by atoms with Gasteiger partial charge in [-0.25, -0.2) is 0 Å². The summed E-state index contributed by atoms with van der Waals surface area (Å²) < 4.78 is 0. The number of nitrogen functional groups attached to an aromatic ring is 1. The summed E-state index contributed by atoms with van der Waals surface area (Å²) in [5.41, 5.74) is 12.9. The number of nitrogens with two attached hydrogens (primary N) is 1. The summed E-state index contributed by atoms with van der Waals surface area (Å²) in [6.07, 6.45) is 0. The van der Waals surface area contributed by atoms with Crippen LogP contribution < -0.4 is 11.3 Å². The highest BCUT2D eigenvalue weighted by molar-refractivity contribution is 6.24. The SMILES string of the molecule is NNc1c(-c2ccccc2)c(-c2ccccc2)c2[nH]c3ccccc3c2c1-c1ccccc1. The molecular weight excluding hydrogens is 402 g/mol. The fourth-order valence-corrected chi connectivity index (χ4v) is 4.91. The fourth-order valence-electron chi connectivity index (χ4n) is 4.91. The Hall–Kier alpha value is -4.34. The van der Waals surface area contributed by atoms with E-state index in [1.54, 1.807) is 0 Å². The molecule has 0 saturated carbocycles. The molecule has 3 heteroatoms. The van der Waals surface area contributed by atoms with Gasteiger partial charge >= 0.3 is 0 Å². The summed E-state index contributed by atoms with van der Waals surface area (Å²) in [7, 11) is 0. The fraction of sp³-hybridized carbons (Fsp3) is 0. The van der Waals surface area contributed by atoms with Crippen molar-refractivity contribution in [3.8, 4) is 33.4 Å². The zero-order chi connectivity index (χ0) is 22.2. The number of aromatic nitrogens is 1. The second kappa shape index (κ2) is 7.97. The van der Waals surface area contributed by atoms with E-state index in [-0.39, 0.29) is 0 Å². The molecule has 0 saturated heterocycles. The first-order valence-electron chi connectivity index (χ1n) is 11.1. The molecule has 0 radical (unpaired) electrons. The van der Waals surface area contributed by atoms with Crippen LogP contribution in [0, 0.1) is 0 Å². The van der Waals surface area contributed by atoms with Crippen molar-refractivity contribution in [2.75, 3.05) is 5.43 Å². The van der Waals surface area contributed by atoms with E-state index in [0.717, 1.165) is 50.1 Å². The Kier molecular flexibility index (Phi) is 4.68. The normalized spacial score (nSPS) is 11.2. The van der Waals surface area contributed by atoms with E-state index < -0.39 is 0 Å². The van der Waals surface area contributed by atoms with Crippen LogP contribution in [0.3, 0.4) is 0 Å². The second-order valence-electron chi connectivity index (χ2n) is 8.16. The number of hydrogen-bond donors (Lipinski definition) is 3. The number of rotatable bonds is 4. The maximum atomic E-state index is 6.32. The molecular formula is C30H23N3. The van der Waals surface area contributed by atoms with Crippen molar-refractivity contribution >= 4 is 27.5 Å². The van der Waals surface area contributed by atoms with Crippen LogP contribution in [-0.4, -0.2) is 4.98 Å². The van der Waals surface area contributed by atoms with Crippen LogP contribution >= 0.6 is 0 Å². The van der Waals surface area contributed by atoms with Crippen molar-refractivity contribution in [3.05, 3.63) is 115 Å². The Morgan fingerprint density at radius 3 is 1.58 bits per heavy atom. The molecule has 158 valence electrons. The minimum atomic E-state index is 0.920. The lowest BCUT2D eigenvalue weighted by Crippen LogP contribution is -2.11. The monoisotopic (exact) mass is 425 g/mol. The standard InChI is InChI=1S/C30H23N3/c31-33-30-26(21-14-6-2-7-15-21)25(20-12-4-1-5-13-20)29-28(23-18-10-11-19-24(23)32-29)27(30)22-16-8-3-9-17-22/h1-19,32-33H,31H2. The van der Waals surface area contributed by atoms with Gasteiger partial charge in [-0.3, -0.25) is 5.84 Å². The molecule has 33 heavy (non-hydrogen) atoms. The Labute approximate surface area is 192 Å². The third-order valence-corrected chi connectivity index (χ3v) is 6.29. The maximum Gasteiger partial charge on any atom is 0.0656 e. The number of fused-ring (bicyclic) bond motifs is 3. The summed E-state index contributed by atoms with van der Waals surface area (Å²) in [4.78, 5) is 3.75. The maximum absolute atomic E-state index is 6.32. The molecule has 0 spiro atoms. The van der Waals surface area contributed by atoms with E-state index in [1.807, 2.05) is 12.1 Å². The minimum absolute atomic E-state index is 0.920. The molecule has 0 amide bonds. The molecule has 1 aromatic heterocycles. The molecule has 0 atom stereocenters. The van der Waals surface area contributed by atoms with Crippen LogP contribution in [0.2, 0.25) is 0 Å². The van der Waals surface area contributed by atoms with Gasteiger partial charge in [-0.15, -0.1) is 0 Å². The van der Waals surface area contributed by atoms with E-state index in [9.17, 15) is 0 Å². The lowest BCUT2D eigenvalue weighted by Gasteiger charge is -2.21. The quantitative estimate of drug-likeness (QED) is 0.201. The van der Waals surface area contributed by atoms with E-state index in [4.69, 9.17) is 5.84 Å². The predicted octanol–water partition coefficient (Wildman–Crippen LogP) is 7.61. The molecule has 0 bridgehead atoms. The van der Waals surface area contributed by atoms with Crippen LogP contribution in [0.5, 0.6) is 0 Å². The molecule has 0 unspecified atom stereocenters. The zero-order valence-electron chi connectivity index (χ0n) is 18.0. The van der Waals surface area contributed by atoms with Gasteiger partial charge in [0.15, 0.2) is 0 Å². The third-order valence-electron chi connectivity index (χ3n) is 6.29. The molecule has 0 aliphatic carbocycles. The van der Waals surface area contributed by atoms with Crippen molar-refractivity contribution < 1.29 is 0 Å². The summed E-state index contributed by atoms with van der Waals surface area (Å²) >= 11 is 0. The largest absolute Gasteiger partial charge is 0.354 e. The van der Waals surface area contributed by atoms with Gasteiger partial charge in [0.05, 0.1) is 11.2 Å². The van der Waals surface area contributed by atoms with Gasteiger partial charge in [0.2, 0.25) is 0 Å². The van der Waals surface area contributed by atoms with Gasteiger partial charge in [-0.2, -0.15) is 0 Å². The Morgan fingerprint density at radius 2 is 1.00 bits per heavy atom. The summed E-state index contributed by atoms with van der Waals surface area (Å²) in [5, 5.41) is 2.35. The molecule has 3 nitrogen and oxygen atoms in total. The molecule has 0 aliphatic heterocycles. The number of benzene rings is 5. The molecule has 0 fully saturated rings. The number of hydrazine groups is 1. The van der Waals surface area contributed by atoms with Crippen LogP contribution in [0.1, 0.15) is 0 Å². The van der Waals surface area contributed by atoms with Gasteiger partial charge in [0.25, 0.3) is 0 Å². The molecule has 4 N–H and O–H groups in total. The lowest BCUT2D eigenvalue weighted by atomic mass is 9.85. The Bertz CT molecular complexity index is 1570. The number of anilines is 1. The molecule has 6 rings (SSSR count). The topological polar surface area (TPSA) is 53.8 Å². The van der Waals surface area contributed by atoms with Crippen LogP contribution in [-0.2, 0) is 0 Å². The predicted molar refractivity (Wildman–Crippen MR) is 140 cm³/mol. The smallest absolute Gasteiger partial charge is 0.0656 e. The van der Waals surface area contributed by atoms with Crippen molar-refractivity contribution in [3.63, 3.8) is 0 Å². The van der Waals surface area contributed by atoms with E-state index in [0.29, 0.717) is 0 Å². The molecule has 5 aromatic carbocycles. The van der Waals surface area contributed by atoms with Crippen molar-refractivity contribution in [2.24, 2.45) is 5.84 Å². The van der Waals surface area contributed by atoms with Gasteiger partial charge in [0.1, 0.15) is 0 Å². The highest BCUT2D eigenvalue weighted by Gasteiger charge is 2.24. The van der Waals surface area contributed by atoms with Crippen molar-refractivity contribution in [2.45, 2.75) is 0 Å². The number of para-hydroxylation sites is 1. The highest BCUT2D eigenvalue weighted by atomic mass is 15.2. The summed E-state index contributed by atoms with van der Waals surface area (Å²) in [6.45, 7) is 0. The zero-order valence-corrected chi connectivity index (χ0v) is 18.0. The second-order valence-corrected chi connectivity index (χ2v) is 8.16. The average molecular weight is 426 g/mol. The van der Waals surface area contributed by atoms with E-state index >= 15 is 0 Å². The van der Waals surface area contributed by atoms with Crippen LogP contribution in [0.25, 0.3) is 55.2 Å². The van der Waals surface area contributed by atoms with Gasteiger partial charge in [-0.05, 0) is 22.8 Å². The number of H-pyrrole nitrogens is 1. The number of aromatic amines is 1. The molecule has 0 aliphatic rings. The van der Waals surface area contributed by atoms with Gasteiger partial charge in [0, 0.05) is 33.0 Å². The van der Waals surface area contributed by atoms with Gasteiger partial charge in [-0.1, -0.05) is 109 Å². The Balaban J connectivity index is 1.90. The summed E-state index contributed by atoms with van der Waals surface area (Å²) in [5.74, 6) is 6.32. The first-order valence-corrected chi connectivity index (χ1v) is 11.1. The molecule has 1 heterocycles. The Morgan fingerprint density at radius 1 is 0.515 bits per heavy atom. The highest BCUT2D eigenvalue weighted by Crippen LogP contribution is 2.50. The van der Waals surface area contributed by atoms with E-state index in [2.05, 4.69) is 114 Å². The third kappa shape index (κ3) is 3.10. The minimum Gasteiger partial charge on any atom is -0.354 e. The van der Waals surface area contributed by atoms with Crippen molar-refractivity contribution in [1.82, 2.24) is 4.98 Å². The number of hydrogen-bond acceptors (Lipinski definition) is 2.